The Morgan fingerprint density at radius 2 is 0.610 bits per heavy atom. The third-order valence-corrected chi connectivity index (χ3v) is 21.1. The van der Waals surface area contributed by atoms with Crippen LogP contribution in [0.25, 0.3) is 76.8 Å². The van der Waals surface area contributed by atoms with Crippen molar-refractivity contribution in [3.8, 4) is 22.3 Å². The number of carbonyl (C=O) groups excluding carboxylic acids is 7. The Balaban J connectivity index is 0.000000301. The molecule has 0 fully saturated rings. The average molecular weight is 1850 g/mol. The number of H-pyrrole nitrogens is 5. The highest BCUT2D eigenvalue weighted by Gasteiger charge is 2.22. The van der Waals surface area contributed by atoms with Crippen LogP contribution >= 0.6 is 0 Å². The standard InChI is InChI=1S/C29H28N2O4.C27H24N2O4.C17H21NO3.C16H20N2O3.C12H12N2O3.C4H8O.4CH4/c1-3-35-29(34)25-18-30-26-16-11-20(17-24(26)27(25)32)10-9-19(2)31-28(33)23-14-12-22(13-15-23)21-7-5-4-6-8-21;1-17(29-26(31)21-12-10-20(11-13-21)19-5-3-2-4-6-19)7-8-18-9-14-24-22(15-18)25(30)23(16-28-24)27(32)33;1-4-21-17(20)14-10-18-15-8-7-12(6-5-11(2)3)9-13(15)16(14)19;1-3-21-16(20)13-9-18-14-7-6-11(5-4-10(2)17)8-12(14)15(13)19;1-2-17-12(16)9-6-14-10-4-3-7(13)5-8(10)11(9)15;1-4(2)3-5;;;;/h4-8,11-19H,3,9-10H2,1-2H3,(H,30,32)(H,31,33);2-6,9-17H,7-8H2,1H3,(H,28,30)(H,29,31)(H,32,33);7-11H,4-6H2,1-3H3,(H,18,19);6-10H,3-5,17H2,1-2H3,(H,18,19);3-6H,2,13H2,1H3,(H,14,15);3-4H,1-2H3;4*1H4/t19-;17-;;10-;;;;;;/m00.0....../s1. The molecule has 0 radical (unpaired) electrons. The summed E-state index contributed by atoms with van der Waals surface area (Å²) in [7, 11) is 0. The number of ether oxygens (including phenoxy) is 4. The third-order valence-electron chi connectivity index (χ3n) is 21.1. The van der Waals surface area contributed by atoms with Crippen molar-refractivity contribution in [1.82, 2.24) is 35.6 Å². The van der Waals surface area contributed by atoms with Crippen LogP contribution in [0.1, 0.15) is 226 Å². The van der Waals surface area contributed by atoms with Crippen LogP contribution in [0.4, 0.5) is 5.69 Å². The molecule has 14 aromatic rings. The van der Waals surface area contributed by atoms with E-state index in [1.807, 2.05) is 198 Å². The molecule has 27 heteroatoms. The first kappa shape index (κ1) is 111. The molecular formula is C109H129N9O18. The lowest BCUT2D eigenvalue weighted by Crippen LogP contribution is -2.32. The summed E-state index contributed by atoms with van der Waals surface area (Å²) < 4.78 is 19.6. The maximum atomic E-state index is 12.8. The summed E-state index contributed by atoms with van der Waals surface area (Å²) >= 11 is 0. The van der Waals surface area contributed by atoms with Gasteiger partial charge in [-0.25, -0.2) is 24.0 Å². The minimum absolute atomic E-state index is 0. The summed E-state index contributed by atoms with van der Waals surface area (Å²) in [5.74, 6) is -3.12. The van der Waals surface area contributed by atoms with Gasteiger partial charge in [0.1, 0.15) is 34.1 Å². The Hall–Kier alpha value is -15.3. The number of anilines is 1. The summed E-state index contributed by atoms with van der Waals surface area (Å²) in [5, 5.41) is 17.4. The summed E-state index contributed by atoms with van der Waals surface area (Å²) in [6, 6.07) is 62.4. The second-order valence-electron chi connectivity index (χ2n) is 32.2. The lowest BCUT2D eigenvalue weighted by atomic mass is 10.0. The van der Waals surface area contributed by atoms with E-state index in [9.17, 15) is 62.3 Å². The molecule has 5 heterocycles. The van der Waals surface area contributed by atoms with Gasteiger partial charge in [0.05, 0.1) is 26.4 Å². The van der Waals surface area contributed by atoms with Gasteiger partial charge in [-0.05, 0) is 241 Å². The van der Waals surface area contributed by atoms with Crippen LogP contribution in [0.5, 0.6) is 0 Å². The third kappa shape index (κ3) is 31.5. The predicted molar refractivity (Wildman–Crippen MR) is 545 cm³/mol. The molecule has 0 aliphatic carbocycles. The highest BCUT2D eigenvalue weighted by Crippen LogP contribution is 2.25. The number of pyridine rings is 5. The summed E-state index contributed by atoms with van der Waals surface area (Å²) in [6.07, 6.45) is 14.1. The number of nitrogens with one attached hydrogen (secondary N) is 7. The Labute approximate surface area is 792 Å². The smallest absolute Gasteiger partial charge is 0.343 e. The average Bonchev–Trinajstić information content (AvgIpc) is 0.804. The number of carboxylic acids is 1. The highest BCUT2D eigenvalue weighted by atomic mass is 16.5. The van der Waals surface area contributed by atoms with Crippen LogP contribution in [-0.2, 0) is 49.4 Å². The molecule has 3 atom stereocenters. The second-order valence-corrected chi connectivity index (χ2v) is 32.2. The number of aromatic nitrogens is 5. The van der Waals surface area contributed by atoms with E-state index in [4.69, 9.17) is 35.5 Å². The molecule has 0 saturated carbocycles. The maximum Gasteiger partial charge on any atom is 0.343 e. The first-order chi connectivity index (χ1) is 63.3. The van der Waals surface area contributed by atoms with Crippen molar-refractivity contribution < 1.29 is 62.4 Å². The van der Waals surface area contributed by atoms with E-state index < -0.39 is 35.3 Å². The number of esters is 4. The van der Waals surface area contributed by atoms with E-state index >= 15 is 0 Å². The predicted octanol–water partition coefficient (Wildman–Crippen LogP) is 19.7. The van der Waals surface area contributed by atoms with Gasteiger partial charge in [-0.1, -0.05) is 167 Å². The van der Waals surface area contributed by atoms with Crippen molar-refractivity contribution >= 4 is 108 Å². The van der Waals surface area contributed by atoms with Gasteiger partial charge < -0.3 is 75.9 Å². The second kappa shape index (κ2) is 54.7. The van der Waals surface area contributed by atoms with Crippen molar-refractivity contribution in [1.29, 1.82) is 0 Å². The number of carboxylic acid groups (broad SMARTS) is 1. The van der Waals surface area contributed by atoms with E-state index in [1.165, 1.54) is 37.1 Å². The first-order valence-electron chi connectivity index (χ1n) is 43.9. The van der Waals surface area contributed by atoms with Crippen molar-refractivity contribution in [2.24, 2.45) is 17.6 Å². The van der Waals surface area contributed by atoms with E-state index in [1.54, 1.807) is 58.0 Å². The Kier molecular flexibility index (Phi) is 44.7. The topological polar surface area (TPSA) is 434 Å². The molecule has 14 rings (SSSR count). The number of carbonyl (C=O) groups is 8. The lowest BCUT2D eigenvalue weighted by Gasteiger charge is -2.14. The number of aromatic amines is 5. The minimum Gasteiger partial charge on any atom is -0.477 e. The summed E-state index contributed by atoms with van der Waals surface area (Å²) in [5.41, 5.74) is 22.7. The Bertz CT molecular complexity index is 6580. The van der Waals surface area contributed by atoms with Gasteiger partial charge >= 0.3 is 29.8 Å². The number of aromatic carboxylic acids is 1. The molecule has 0 saturated heterocycles. The molecule has 0 spiro atoms. The zero-order chi connectivity index (χ0) is 95.7. The summed E-state index contributed by atoms with van der Waals surface area (Å²) in [6.45, 7) is 21.6. The van der Waals surface area contributed by atoms with Gasteiger partial charge in [-0.2, -0.15) is 0 Å². The molecule has 0 bridgehead atoms. The van der Waals surface area contributed by atoms with Crippen molar-refractivity contribution in [3.05, 3.63) is 343 Å². The molecular weight excluding hydrogens is 1720 g/mol. The fourth-order valence-electron chi connectivity index (χ4n) is 13.8. The van der Waals surface area contributed by atoms with E-state index in [-0.39, 0.29) is 142 Å². The van der Waals surface area contributed by atoms with E-state index in [0.29, 0.717) is 97.4 Å². The molecule has 136 heavy (non-hydrogen) atoms. The molecule has 5 aromatic heterocycles. The Morgan fingerprint density at radius 1 is 0.353 bits per heavy atom. The number of nitrogens with two attached hydrogens (primary N) is 2. The molecule has 2 amide bonds. The zero-order valence-corrected chi connectivity index (χ0v) is 75.9. The number of fused-ring (bicyclic) bond motifs is 5. The molecule has 9 aromatic carbocycles. The zero-order valence-electron chi connectivity index (χ0n) is 75.9. The quantitative estimate of drug-likeness (QED) is 0.00942. The fourth-order valence-corrected chi connectivity index (χ4v) is 13.8. The molecule has 718 valence electrons. The van der Waals surface area contributed by atoms with Gasteiger partial charge in [-0.15, -0.1) is 0 Å². The van der Waals surface area contributed by atoms with Crippen LogP contribution in [0.2, 0.25) is 0 Å². The van der Waals surface area contributed by atoms with E-state index in [0.717, 1.165) is 82.0 Å². The van der Waals surface area contributed by atoms with Gasteiger partial charge in [0.25, 0.3) is 11.8 Å². The summed E-state index contributed by atoms with van der Waals surface area (Å²) in [4.78, 5) is 170. The number of rotatable bonds is 28. The molecule has 0 unspecified atom stereocenters. The lowest BCUT2D eigenvalue weighted by molar-refractivity contribution is -0.110. The van der Waals surface area contributed by atoms with Crippen molar-refractivity contribution in [3.63, 3.8) is 0 Å². The van der Waals surface area contributed by atoms with Crippen LogP contribution in [0.3, 0.4) is 0 Å². The SMILES string of the molecule is C.C.C.C.CC(C)C=O.CCOC(=O)c1c[nH]c2ccc(CCC(C)C)cc2c1=O.CCOC(=O)c1c[nH]c2ccc(CC[C@H](C)N)cc2c1=O.CCOC(=O)c1c[nH]c2ccc(CC[C@H](C)NC(=O)c3ccc(-c4ccccc4)cc3)cc2c1=O.CCOC(=O)c1c[nH]c2ccc(N)cc2c1=O.C[C@@H](CCc1ccc2[nH]cc(C(=O)O)c(=O)c2c1)NC(=O)c1ccc(-c2ccccc2)cc1. The fraction of sp³-hybridized carbons (Fsp3) is 0.294. The first-order valence-corrected chi connectivity index (χ1v) is 43.9. The van der Waals surface area contributed by atoms with Crippen LogP contribution < -0.4 is 49.2 Å². The number of hydrogen-bond donors (Lipinski definition) is 10. The number of aldehydes is 1. The van der Waals surface area contributed by atoms with Crippen LogP contribution in [0.15, 0.2) is 255 Å². The monoisotopic (exact) mass is 1850 g/mol. The van der Waals surface area contributed by atoms with Crippen LogP contribution in [-0.4, -0.2) is 123 Å². The number of benzene rings is 9. The van der Waals surface area contributed by atoms with Gasteiger partial charge in [0.15, 0.2) is 0 Å². The van der Waals surface area contributed by atoms with Gasteiger partial charge in [0, 0.05) is 126 Å². The molecule has 12 N–H and O–H groups in total. The molecule has 0 aliphatic rings. The van der Waals surface area contributed by atoms with Crippen LogP contribution in [0, 0.1) is 11.8 Å². The van der Waals surface area contributed by atoms with Crippen molar-refractivity contribution in [2.45, 2.75) is 175 Å². The number of nitrogen functional groups attached to an aromatic ring is 1. The largest absolute Gasteiger partial charge is 0.477 e. The normalized spacial score (nSPS) is 11.1. The highest BCUT2D eigenvalue weighted by molar-refractivity contribution is 5.99. The van der Waals surface area contributed by atoms with Gasteiger partial charge in [-0.3, -0.25) is 33.6 Å². The molecule has 0 aliphatic heterocycles. The van der Waals surface area contributed by atoms with E-state index in [2.05, 4.69) is 49.4 Å². The maximum absolute atomic E-state index is 12.8. The number of hydrogen-bond acceptors (Lipinski definition) is 19. The number of aryl methyl sites for hydroxylation is 4. The number of amides is 2. The Morgan fingerprint density at radius 3 is 0.882 bits per heavy atom. The molecule has 27 nitrogen and oxygen atoms in total. The van der Waals surface area contributed by atoms with Gasteiger partial charge in [0.2, 0.25) is 27.1 Å². The van der Waals surface area contributed by atoms with Crippen molar-refractivity contribution in [2.75, 3.05) is 32.2 Å². The minimum atomic E-state index is -1.25.